The third-order valence-electron chi connectivity index (χ3n) is 1.72. The third-order valence-corrected chi connectivity index (χ3v) is 1.72. The molecule has 0 aromatic carbocycles. The molecule has 0 aliphatic rings. The normalized spacial score (nSPS) is 10.4. The molecule has 14 heavy (non-hydrogen) atoms. The maximum absolute atomic E-state index is 5.33. The summed E-state index contributed by atoms with van der Waals surface area (Å²) in [6, 6.07) is 0. The van der Waals surface area contributed by atoms with Gasteiger partial charge in [0.25, 0.3) is 0 Å². The van der Waals surface area contributed by atoms with E-state index in [1.807, 2.05) is 19.4 Å². The molecule has 0 saturated heterocycles. The lowest BCUT2D eigenvalue weighted by Gasteiger charge is -2.02. The van der Waals surface area contributed by atoms with E-state index in [0.29, 0.717) is 6.61 Å². The number of hydrogen-bond donors (Lipinski definition) is 1. The average Bonchev–Trinajstić information content (AvgIpc) is 2.21. The molecule has 1 rings (SSSR count). The highest BCUT2D eigenvalue weighted by atomic mass is 16.5. The van der Waals surface area contributed by atoms with E-state index in [4.69, 9.17) is 4.74 Å². The summed E-state index contributed by atoms with van der Waals surface area (Å²) >= 11 is 0. The van der Waals surface area contributed by atoms with Gasteiger partial charge in [-0.1, -0.05) is 6.92 Å². The Morgan fingerprint density at radius 3 is 2.64 bits per heavy atom. The minimum atomic E-state index is 0.508. The van der Waals surface area contributed by atoms with Crippen molar-refractivity contribution in [3.05, 3.63) is 23.8 Å². The van der Waals surface area contributed by atoms with Crippen molar-refractivity contribution < 1.29 is 4.74 Å². The fourth-order valence-corrected chi connectivity index (χ4v) is 1.06. The highest BCUT2D eigenvalue weighted by Crippen LogP contribution is 1.97. The van der Waals surface area contributed by atoms with Crippen molar-refractivity contribution in [2.24, 2.45) is 0 Å². The summed E-state index contributed by atoms with van der Waals surface area (Å²) in [5.74, 6) is 0.748. The second kappa shape index (κ2) is 6.45. The summed E-state index contributed by atoms with van der Waals surface area (Å²) in [6.07, 6.45) is 4.68. The molecule has 0 atom stereocenters. The lowest BCUT2D eigenvalue weighted by molar-refractivity contribution is 0.116. The first-order valence-corrected chi connectivity index (χ1v) is 4.89. The van der Waals surface area contributed by atoms with Gasteiger partial charge in [0.1, 0.15) is 6.61 Å². The van der Waals surface area contributed by atoms with E-state index >= 15 is 0 Å². The summed E-state index contributed by atoms with van der Waals surface area (Å²) in [4.78, 5) is 8.39. The second-order valence-corrected chi connectivity index (χ2v) is 3.09. The van der Waals surface area contributed by atoms with Crippen LogP contribution in [0, 0.1) is 0 Å². The number of aromatic nitrogens is 2. The first kappa shape index (κ1) is 11.1. The fourth-order valence-electron chi connectivity index (χ4n) is 1.06. The standard InChI is InChI=1S/C10H17N3O/c1-3-4-14-8-10-12-6-9(5-11-2)7-13-10/h6-7,11H,3-5,8H2,1-2H3. The zero-order valence-corrected chi connectivity index (χ0v) is 8.79. The van der Waals surface area contributed by atoms with Crippen LogP contribution in [-0.4, -0.2) is 23.6 Å². The molecular weight excluding hydrogens is 178 g/mol. The van der Waals surface area contributed by atoms with Crippen molar-refractivity contribution >= 4 is 0 Å². The molecule has 0 radical (unpaired) electrons. The van der Waals surface area contributed by atoms with Crippen molar-refractivity contribution in [1.82, 2.24) is 15.3 Å². The Balaban J connectivity index is 2.38. The number of nitrogens with zero attached hydrogens (tertiary/aromatic N) is 2. The highest BCUT2D eigenvalue weighted by molar-refractivity contribution is 5.04. The number of rotatable bonds is 6. The summed E-state index contributed by atoms with van der Waals surface area (Å²) in [5.41, 5.74) is 1.09. The molecule has 0 saturated carbocycles. The monoisotopic (exact) mass is 195 g/mol. The Morgan fingerprint density at radius 2 is 2.07 bits per heavy atom. The first-order valence-electron chi connectivity index (χ1n) is 4.89. The highest BCUT2D eigenvalue weighted by Gasteiger charge is 1.96. The Hall–Kier alpha value is -1.00. The number of hydrogen-bond acceptors (Lipinski definition) is 4. The molecule has 0 aliphatic carbocycles. The molecule has 0 spiro atoms. The fraction of sp³-hybridized carbons (Fsp3) is 0.600. The van der Waals surface area contributed by atoms with Crippen molar-refractivity contribution in [2.75, 3.05) is 13.7 Å². The Bertz CT molecular complexity index is 248. The van der Waals surface area contributed by atoms with E-state index in [-0.39, 0.29) is 0 Å². The van der Waals surface area contributed by atoms with E-state index in [1.165, 1.54) is 0 Å². The Labute approximate surface area is 84.7 Å². The van der Waals surface area contributed by atoms with Crippen LogP contribution < -0.4 is 5.32 Å². The van der Waals surface area contributed by atoms with Gasteiger partial charge in [0.05, 0.1) is 0 Å². The minimum Gasteiger partial charge on any atom is -0.373 e. The van der Waals surface area contributed by atoms with Gasteiger partial charge >= 0.3 is 0 Å². The van der Waals surface area contributed by atoms with Crippen LogP contribution in [-0.2, 0) is 17.9 Å². The predicted molar refractivity (Wildman–Crippen MR) is 54.7 cm³/mol. The van der Waals surface area contributed by atoms with Crippen LogP contribution in [0.2, 0.25) is 0 Å². The van der Waals surface area contributed by atoms with Crippen LogP contribution in [0.4, 0.5) is 0 Å². The molecule has 1 heterocycles. The van der Waals surface area contributed by atoms with Crippen LogP contribution >= 0.6 is 0 Å². The van der Waals surface area contributed by atoms with Gasteiger partial charge in [-0.2, -0.15) is 0 Å². The third kappa shape index (κ3) is 3.81. The van der Waals surface area contributed by atoms with Crippen LogP contribution in [0.25, 0.3) is 0 Å². The lowest BCUT2D eigenvalue weighted by atomic mass is 10.3. The summed E-state index contributed by atoms with van der Waals surface area (Å²) < 4.78 is 5.33. The van der Waals surface area contributed by atoms with E-state index in [2.05, 4.69) is 22.2 Å². The molecule has 4 heteroatoms. The average molecular weight is 195 g/mol. The molecule has 1 aromatic heterocycles. The minimum absolute atomic E-state index is 0.508. The summed E-state index contributed by atoms with van der Waals surface area (Å²) in [7, 11) is 1.90. The molecule has 0 aliphatic heterocycles. The zero-order valence-electron chi connectivity index (χ0n) is 8.79. The Morgan fingerprint density at radius 1 is 1.36 bits per heavy atom. The van der Waals surface area contributed by atoms with Gasteiger partial charge in [-0.25, -0.2) is 9.97 Å². The van der Waals surface area contributed by atoms with Crippen LogP contribution in [0.5, 0.6) is 0 Å². The van der Waals surface area contributed by atoms with Gasteiger partial charge in [0, 0.05) is 31.1 Å². The molecule has 0 amide bonds. The maximum atomic E-state index is 5.33. The van der Waals surface area contributed by atoms with E-state index in [0.717, 1.165) is 31.0 Å². The zero-order chi connectivity index (χ0) is 10.2. The van der Waals surface area contributed by atoms with Gasteiger partial charge in [-0.15, -0.1) is 0 Å². The molecular formula is C10H17N3O. The van der Waals surface area contributed by atoms with Gasteiger partial charge < -0.3 is 10.1 Å². The topological polar surface area (TPSA) is 47.0 Å². The molecule has 1 N–H and O–H groups in total. The quantitative estimate of drug-likeness (QED) is 0.691. The van der Waals surface area contributed by atoms with E-state index in [1.54, 1.807) is 0 Å². The summed E-state index contributed by atoms with van der Waals surface area (Å²) in [5, 5.41) is 3.04. The van der Waals surface area contributed by atoms with E-state index < -0.39 is 0 Å². The second-order valence-electron chi connectivity index (χ2n) is 3.09. The van der Waals surface area contributed by atoms with Gasteiger partial charge in [0.15, 0.2) is 5.82 Å². The van der Waals surface area contributed by atoms with Crippen molar-refractivity contribution in [1.29, 1.82) is 0 Å². The van der Waals surface area contributed by atoms with Gasteiger partial charge in [0.2, 0.25) is 0 Å². The van der Waals surface area contributed by atoms with Crippen molar-refractivity contribution in [2.45, 2.75) is 26.5 Å². The van der Waals surface area contributed by atoms with Crippen LogP contribution in [0.15, 0.2) is 12.4 Å². The molecule has 0 unspecified atom stereocenters. The molecule has 0 bridgehead atoms. The SMILES string of the molecule is CCCOCc1ncc(CNC)cn1. The van der Waals surface area contributed by atoms with Gasteiger partial charge in [-0.3, -0.25) is 0 Å². The maximum Gasteiger partial charge on any atom is 0.153 e. The molecule has 1 aromatic rings. The first-order chi connectivity index (χ1) is 6.86. The number of ether oxygens (including phenoxy) is 1. The van der Waals surface area contributed by atoms with Crippen LogP contribution in [0.3, 0.4) is 0 Å². The number of nitrogens with one attached hydrogen (secondary N) is 1. The largest absolute Gasteiger partial charge is 0.373 e. The van der Waals surface area contributed by atoms with Crippen molar-refractivity contribution in [3.63, 3.8) is 0 Å². The molecule has 4 nitrogen and oxygen atoms in total. The van der Waals surface area contributed by atoms with Crippen molar-refractivity contribution in [3.8, 4) is 0 Å². The Kier molecular flexibility index (Phi) is 5.11. The predicted octanol–water partition coefficient (Wildman–Crippen LogP) is 1.12. The van der Waals surface area contributed by atoms with Gasteiger partial charge in [-0.05, 0) is 13.5 Å². The summed E-state index contributed by atoms with van der Waals surface area (Å²) in [6.45, 7) is 4.16. The van der Waals surface area contributed by atoms with Crippen LogP contribution in [0.1, 0.15) is 24.7 Å². The lowest BCUT2D eigenvalue weighted by Crippen LogP contribution is -2.07. The van der Waals surface area contributed by atoms with E-state index in [9.17, 15) is 0 Å². The molecule has 78 valence electrons. The smallest absolute Gasteiger partial charge is 0.153 e. The molecule has 0 fully saturated rings.